The number of carbonyl (C=O) groups excluding carboxylic acids is 1. The van der Waals surface area contributed by atoms with E-state index >= 15 is 0 Å². The molecule has 2 aromatic heterocycles. The van der Waals surface area contributed by atoms with Gasteiger partial charge in [-0.3, -0.25) is 19.4 Å². The number of carboxylic acid groups (broad SMARTS) is 1. The number of rotatable bonds is 11. The topological polar surface area (TPSA) is 124 Å². The Hall–Kier alpha value is -3.51. The zero-order valence-corrected chi connectivity index (χ0v) is 27.1. The summed E-state index contributed by atoms with van der Waals surface area (Å²) in [6, 6.07) is 9.31. The van der Waals surface area contributed by atoms with E-state index in [2.05, 4.69) is 30.0 Å². The molecule has 5 rings (SSSR count). The molecule has 2 saturated heterocycles. The Labute approximate surface area is 273 Å². The largest absolute Gasteiger partial charge is 0.481 e. The van der Waals surface area contributed by atoms with Gasteiger partial charge in [0.15, 0.2) is 5.75 Å². The number of ether oxygens (including phenoxy) is 1. The number of carbonyl (C=O) groups is 2. The van der Waals surface area contributed by atoms with Crippen molar-refractivity contribution >= 4 is 41.0 Å². The first-order chi connectivity index (χ1) is 21.6. The molecule has 4 heterocycles. The number of pyridine rings is 1. The average molecular weight is 657 g/mol. The molecule has 0 bridgehead atoms. The molecule has 2 N–H and O–H groups in total. The fraction of sp³-hybridized carbons (Fsp3) is 0.469. The first-order valence-electron chi connectivity index (χ1n) is 15.3. The fourth-order valence-corrected chi connectivity index (χ4v) is 6.36. The first kappa shape index (κ1) is 32.9. The Morgan fingerprint density at radius 2 is 1.67 bits per heavy atom. The zero-order chi connectivity index (χ0) is 31.9. The van der Waals surface area contributed by atoms with Crippen molar-refractivity contribution < 1.29 is 19.4 Å². The summed E-state index contributed by atoms with van der Waals surface area (Å²) in [6.45, 7) is 9.73. The number of aliphatic carboxylic acids is 1. The maximum Gasteiger partial charge on any atom is 0.304 e. The summed E-state index contributed by atoms with van der Waals surface area (Å²) in [4.78, 5) is 42.9. The van der Waals surface area contributed by atoms with Crippen LogP contribution in [0.3, 0.4) is 0 Å². The monoisotopic (exact) mass is 655 g/mol. The Morgan fingerprint density at radius 1 is 1.00 bits per heavy atom. The van der Waals surface area contributed by atoms with E-state index in [0.29, 0.717) is 52.3 Å². The van der Waals surface area contributed by atoms with Gasteiger partial charge in [-0.05, 0) is 68.6 Å². The van der Waals surface area contributed by atoms with Gasteiger partial charge >= 0.3 is 5.97 Å². The molecule has 2 aliphatic heterocycles. The molecule has 0 radical (unpaired) electrons. The van der Waals surface area contributed by atoms with E-state index in [-0.39, 0.29) is 18.4 Å². The average Bonchev–Trinajstić information content (AvgIpc) is 3.00. The van der Waals surface area contributed by atoms with Crippen LogP contribution in [-0.4, -0.2) is 93.6 Å². The summed E-state index contributed by atoms with van der Waals surface area (Å²) in [6.07, 6.45) is 5.46. The second kappa shape index (κ2) is 15.2. The van der Waals surface area contributed by atoms with Gasteiger partial charge in [-0.2, -0.15) is 0 Å². The Balaban J connectivity index is 1.27. The highest BCUT2D eigenvalue weighted by molar-refractivity contribution is 6.35. The van der Waals surface area contributed by atoms with Crippen molar-refractivity contribution in [3.63, 3.8) is 0 Å². The van der Waals surface area contributed by atoms with Gasteiger partial charge in [0.25, 0.3) is 0 Å². The Kier molecular flexibility index (Phi) is 11.1. The van der Waals surface area contributed by atoms with E-state index in [1.807, 2.05) is 31.2 Å². The molecule has 240 valence electrons. The van der Waals surface area contributed by atoms with Crippen LogP contribution >= 0.6 is 23.2 Å². The molecule has 2 aliphatic rings. The maximum atomic E-state index is 11.3. The molecule has 3 aromatic rings. The van der Waals surface area contributed by atoms with E-state index < -0.39 is 5.97 Å². The number of carboxylic acids is 1. The minimum atomic E-state index is -0.785. The number of amides is 1. The van der Waals surface area contributed by atoms with Crippen LogP contribution in [0.15, 0.2) is 42.7 Å². The number of benzene rings is 1. The molecule has 0 aliphatic carbocycles. The second-order valence-corrected chi connectivity index (χ2v) is 12.7. The van der Waals surface area contributed by atoms with Gasteiger partial charge in [0.05, 0.1) is 24.5 Å². The number of aromatic nitrogens is 3. The van der Waals surface area contributed by atoms with Gasteiger partial charge in [-0.25, -0.2) is 15.0 Å². The number of nitrogens with one attached hydrogen (secondary N) is 1. The van der Waals surface area contributed by atoms with E-state index in [1.54, 1.807) is 25.4 Å². The minimum Gasteiger partial charge on any atom is -0.481 e. The van der Waals surface area contributed by atoms with Crippen LogP contribution in [0.4, 0.5) is 5.95 Å². The first-order valence-corrected chi connectivity index (χ1v) is 16.0. The number of hydrogen-bond donors (Lipinski definition) is 2. The smallest absolute Gasteiger partial charge is 0.304 e. The van der Waals surface area contributed by atoms with Crippen LogP contribution in [0.1, 0.15) is 38.7 Å². The highest BCUT2D eigenvalue weighted by atomic mass is 35.5. The number of likely N-dealkylation sites (tertiary alicyclic amines) is 1. The Bertz CT molecular complexity index is 1460. The number of piperidine rings is 1. The number of halogens is 2. The van der Waals surface area contributed by atoms with Crippen LogP contribution in [-0.2, 0) is 16.1 Å². The summed E-state index contributed by atoms with van der Waals surface area (Å²) in [5.74, 6) is 1.19. The van der Waals surface area contributed by atoms with E-state index in [9.17, 15) is 9.59 Å². The van der Waals surface area contributed by atoms with Crippen molar-refractivity contribution in [1.82, 2.24) is 30.1 Å². The van der Waals surface area contributed by atoms with Gasteiger partial charge in [0.2, 0.25) is 17.7 Å². The highest BCUT2D eigenvalue weighted by Gasteiger charge is 2.24. The lowest BCUT2D eigenvalue weighted by Crippen LogP contribution is -2.50. The molecule has 1 unspecified atom stereocenters. The summed E-state index contributed by atoms with van der Waals surface area (Å²) >= 11 is 12.6. The van der Waals surface area contributed by atoms with Crippen molar-refractivity contribution in [3.05, 3.63) is 58.3 Å². The molecule has 13 heteroatoms. The maximum absolute atomic E-state index is 11.3. The zero-order valence-electron chi connectivity index (χ0n) is 25.6. The van der Waals surface area contributed by atoms with Crippen molar-refractivity contribution in [2.45, 2.75) is 45.7 Å². The molecule has 1 atom stereocenters. The highest BCUT2D eigenvalue weighted by Crippen LogP contribution is 2.31. The molecule has 1 aromatic carbocycles. The van der Waals surface area contributed by atoms with E-state index in [4.69, 9.17) is 38.0 Å². The number of anilines is 1. The third-order valence-electron chi connectivity index (χ3n) is 8.30. The second-order valence-electron chi connectivity index (χ2n) is 11.8. The van der Waals surface area contributed by atoms with Crippen LogP contribution in [0.25, 0.3) is 11.3 Å². The van der Waals surface area contributed by atoms with Gasteiger partial charge < -0.3 is 20.1 Å². The minimum absolute atomic E-state index is 0.0119. The standard InChI is InChI=1S/C32H39Cl2N7O4/c1-21(11-31(43)44)40-7-9-41(10-8-40)32-36-18-28(19-37-32)45-30-13-24(12-29(38-30)25-14-26(33)16-27(34)15-25)20-39-5-3-23(4-6-39)17-35-22(2)42/h12-16,18-19,21,23H,3-11,17,20H2,1-2H3,(H,35,42)(H,43,44). The number of piperazine rings is 1. The van der Waals surface area contributed by atoms with Crippen LogP contribution in [0, 0.1) is 5.92 Å². The number of hydrogen-bond acceptors (Lipinski definition) is 9. The van der Waals surface area contributed by atoms with Gasteiger partial charge in [-0.1, -0.05) is 23.2 Å². The lowest BCUT2D eigenvalue weighted by atomic mass is 9.96. The third-order valence-corrected chi connectivity index (χ3v) is 8.74. The van der Waals surface area contributed by atoms with Crippen LogP contribution < -0.4 is 15.0 Å². The normalized spacial score (nSPS) is 17.2. The lowest BCUT2D eigenvalue weighted by molar-refractivity contribution is -0.138. The lowest BCUT2D eigenvalue weighted by Gasteiger charge is -2.37. The Morgan fingerprint density at radius 3 is 2.29 bits per heavy atom. The molecular weight excluding hydrogens is 617 g/mol. The fourth-order valence-electron chi connectivity index (χ4n) is 5.84. The van der Waals surface area contributed by atoms with Crippen molar-refractivity contribution in [1.29, 1.82) is 0 Å². The molecule has 11 nitrogen and oxygen atoms in total. The van der Waals surface area contributed by atoms with Gasteiger partial charge in [-0.15, -0.1) is 0 Å². The molecular formula is C32H39Cl2N7O4. The van der Waals surface area contributed by atoms with Crippen LogP contribution in [0.2, 0.25) is 10.0 Å². The SMILES string of the molecule is CC(=O)NCC1CCN(Cc2cc(Oc3cnc(N4CCN(C(C)CC(=O)O)CC4)nc3)nc(-c3cc(Cl)cc(Cl)c3)c2)CC1. The predicted molar refractivity (Wildman–Crippen MR) is 174 cm³/mol. The molecule has 2 fully saturated rings. The number of nitrogens with zero attached hydrogens (tertiary/aromatic N) is 6. The predicted octanol–water partition coefficient (Wildman–Crippen LogP) is 4.97. The quantitative estimate of drug-likeness (QED) is 0.293. The molecule has 0 saturated carbocycles. The molecule has 1 amide bonds. The van der Waals surface area contributed by atoms with Gasteiger partial charge in [0, 0.05) is 73.9 Å². The van der Waals surface area contributed by atoms with Crippen molar-refractivity contribution in [3.8, 4) is 22.9 Å². The van der Waals surface area contributed by atoms with Crippen molar-refractivity contribution in [2.75, 3.05) is 50.7 Å². The van der Waals surface area contributed by atoms with Crippen LogP contribution in [0.5, 0.6) is 11.6 Å². The van der Waals surface area contributed by atoms with Crippen molar-refractivity contribution in [2.24, 2.45) is 5.92 Å². The van der Waals surface area contributed by atoms with E-state index in [0.717, 1.165) is 63.2 Å². The molecule has 45 heavy (non-hydrogen) atoms. The van der Waals surface area contributed by atoms with Gasteiger partial charge in [0.1, 0.15) is 0 Å². The third kappa shape index (κ3) is 9.49. The summed E-state index contributed by atoms with van der Waals surface area (Å²) in [5.41, 5.74) is 2.52. The molecule has 0 spiro atoms. The summed E-state index contributed by atoms with van der Waals surface area (Å²) < 4.78 is 6.19. The van der Waals surface area contributed by atoms with E-state index in [1.165, 1.54) is 0 Å². The summed E-state index contributed by atoms with van der Waals surface area (Å²) in [7, 11) is 0. The summed E-state index contributed by atoms with van der Waals surface area (Å²) in [5, 5.41) is 13.1.